The molecule has 1 aromatic rings. The van der Waals surface area contributed by atoms with Crippen LogP contribution in [-0.4, -0.2) is 39.8 Å². The normalized spacial score (nSPS) is 28.1. The Balaban J connectivity index is 1.59. The fraction of sp³-hybridized carbons (Fsp3) is 0.562. The van der Waals surface area contributed by atoms with Crippen molar-refractivity contribution in [1.29, 1.82) is 0 Å². The molecular formula is C16H21N3O2S. The molecule has 0 bridgehead atoms. The third-order valence-corrected chi connectivity index (χ3v) is 5.49. The van der Waals surface area contributed by atoms with Gasteiger partial charge in [0, 0.05) is 29.9 Å². The van der Waals surface area contributed by atoms with E-state index in [2.05, 4.69) is 16.9 Å². The molecule has 1 aliphatic carbocycles. The maximum Gasteiger partial charge on any atom is 0.270 e. The van der Waals surface area contributed by atoms with Gasteiger partial charge in [-0.1, -0.05) is 6.08 Å². The van der Waals surface area contributed by atoms with Crippen molar-refractivity contribution in [2.24, 2.45) is 0 Å². The van der Waals surface area contributed by atoms with Crippen LogP contribution in [0.4, 0.5) is 0 Å². The molecule has 1 saturated heterocycles. The molecule has 2 amide bonds. The molecule has 0 radical (unpaired) electrons. The van der Waals surface area contributed by atoms with Crippen molar-refractivity contribution in [2.75, 3.05) is 6.54 Å². The summed E-state index contributed by atoms with van der Waals surface area (Å²) >= 11 is 1.43. The van der Waals surface area contributed by atoms with Crippen molar-refractivity contribution in [3.05, 3.63) is 29.2 Å². The smallest absolute Gasteiger partial charge is 0.270 e. The van der Waals surface area contributed by atoms with Crippen LogP contribution in [0, 0.1) is 0 Å². The molecule has 0 unspecified atom stereocenters. The molecule has 118 valence electrons. The van der Waals surface area contributed by atoms with Crippen LogP contribution in [0.15, 0.2) is 23.5 Å². The fourth-order valence-corrected chi connectivity index (χ4v) is 4.23. The monoisotopic (exact) mass is 319 g/mol. The molecule has 1 aliphatic heterocycles. The number of carbonyl (C=O) groups excluding carboxylic acids is 2. The number of hydrogen-bond donors (Lipinski definition) is 1. The third kappa shape index (κ3) is 2.79. The van der Waals surface area contributed by atoms with Crippen LogP contribution in [0.1, 0.15) is 49.0 Å². The van der Waals surface area contributed by atoms with Crippen LogP contribution in [0.5, 0.6) is 0 Å². The second-order valence-corrected chi connectivity index (χ2v) is 6.86. The molecule has 22 heavy (non-hydrogen) atoms. The van der Waals surface area contributed by atoms with E-state index in [0.29, 0.717) is 18.7 Å². The number of rotatable bonds is 4. The largest absolute Gasteiger partial charge is 0.348 e. The zero-order valence-electron chi connectivity index (χ0n) is 12.6. The van der Waals surface area contributed by atoms with E-state index >= 15 is 0 Å². The number of carbonyl (C=O) groups is 2. The molecule has 6 heteroatoms. The minimum atomic E-state index is -0.0901. The van der Waals surface area contributed by atoms with Crippen molar-refractivity contribution < 1.29 is 9.59 Å². The van der Waals surface area contributed by atoms with E-state index < -0.39 is 0 Å². The van der Waals surface area contributed by atoms with Crippen molar-refractivity contribution in [1.82, 2.24) is 15.2 Å². The molecule has 1 aromatic heterocycles. The van der Waals surface area contributed by atoms with Gasteiger partial charge in [0.1, 0.15) is 5.69 Å². The topological polar surface area (TPSA) is 62.3 Å². The number of amides is 2. The molecule has 3 rings (SSSR count). The van der Waals surface area contributed by atoms with E-state index in [4.69, 9.17) is 0 Å². The molecule has 0 aromatic carbocycles. The van der Waals surface area contributed by atoms with E-state index in [1.807, 2.05) is 4.90 Å². The maximum atomic E-state index is 12.1. The summed E-state index contributed by atoms with van der Waals surface area (Å²) in [6.07, 6.45) is 7.12. The van der Waals surface area contributed by atoms with E-state index in [9.17, 15) is 9.59 Å². The highest BCUT2D eigenvalue weighted by Gasteiger charge is 2.46. The highest BCUT2D eigenvalue weighted by molar-refractivity contribution is 7.07. The van der Waals surface area contributed by atoms with Gasteiger partial charge in [-0.05, 0) is 32.1 Å². The van der Waals surface area contributed by atoms with Gasteiger partial charge in [0.2, 0.25) is 5.91 Å². The first-order valence-electron chi connectivity index (χ1n) is 7.75. The highest BCUT2D eigenvalue weighted by Crippen LogP contribution is 2.42. The summed E-state index contributed by atoms with van der Waals surface area (Å²) in [5, 5.41) is 4.83. The minimum absolute atomic E-state index is 0.00681. The van der Waals surface area contributed by atoms with Crippen LogP contribution in [0.25, 0.3) is 0 Å². The summed E-state index contributed by atoms with van der Waals surface area (Å²) in [5.74, 6) is 0.150. The van der Waals surface area contributed by atoms with Gasteiger partial charge in [-0.15, -0.1) is 17.9 Å². The predicted octanol–water partition coefficient (Wildman–Crippen LogP) is 2.36. The first-order valence-corrected chi connectivity index (χ1v) is 8.69. The third-order valence-electron chi connectivity index (χ3n) is 4.91. The second-order valence-electron chi connectivity index (χ2n) is 6.14. The van der Waals surface area contributed by atoms with Crippen LogP contribution in [-0.2, 0) is 4.79 Å². The maximum absolute atomic E-state index is 12.1. The summed E-state index contributed by atoms with van der Waals surface area (Å²) in [5.41, 5.74) is 2.16. The van der Waals surface area contributed by atoms with E-state index in [1.54, 1.807) is 17.0 Å². The Bertz CT molecular complexity index is 562. The van der Waals surface area contributed by atoms with Gasteiger partial charge in [-0.2, -0.15) is 0 Å². The number of nitrogens with one attached hydrogen (secondary N) is 1. The van der Waals surface area contributed by atoms with Crippen molar-refractivity contribution in [2.45, 2.75) is 50.1 Å². The van der Waals surface area contributed by atoms with Gasteiger partial charge in [-0.25, -0.2) is 4.98 Å². The number of likely N-dealkylation sites (tertiary alicyclic amines) is 1. The average Bonchev–Trinajstić information content (AvgIpc) is 3.15. The van der Waals surface area contributed by atoms with Crippen LogP contribution in [0.2, 0.25) is 0 Å². The molecule has 5 nitrogen and oxygen atoms in total. The van der Waals surface area contributed by atoms with Crippen molar-refractivity contribution in [3.8, 4) is 0 Å². The minimum Gasteiger partial charge on any atom is -0.348 e. The lowest BCUT2D eigenvalue weighted by Crippen LogP contribution is -2.51. The molecular weight excluding hydrogens is 298 g/mol. The Morgan fingerprint density at radius 3 is 2.91 bits per heavy atom. The number of thiazole rings is 1. The highest BCUT2D eigenvalue weighted by atomic mass is 32.1. The Kier molecular flexibility index (Phi) is 4.29. The Morgan fingerprint density at radius 1 is 1.50 bits per heavy atom. The van der Waals surface area contributed by atoms with Gasteiger partial charge < -0.3 is 10.2 Å². The van der Waals surface area contributed by atoms with Crippen molar-refractivity contribution >= 4 is 23.2 Å². The van der Waals surface area contributed by atoms with Crippen LogP contribution in [0.3, 0.4) is 0 Å². The van der Waals surface area contributed by atoms with Gasteiger partial charge in [0.15, 0.2) is 0 Å². The van der Waals surface area contributed by atoms with E-state index in [-0.39, 0.29) is 23.4 Å². The first kappa shape index (κ1) is 15.2. The summed E-state index contributed by atoms with van der Waals surface area (Å²) < 4.78 is 0. The lowest BCUT2D eigenvalue weighted by molar-refractivity contribution is -0.131. The standard InChI is InChI=1S/C16H21N3O2S/c1-2-9-19-14(20)5-8-16(19)6-3-12(4-7-16)18-15(21)13-10-22-11-17-13/h2,10-12H,1,3-9H2,(H,18,21). The Labute approximate surface area is 134 Å². The fourth-order valence-electron chi connectivity index (χ4n) is 3.70. The number of hydrogen-bond acceptors (Lipinski definition) is 4. The molecule has 1 spiro atoms. The van der Waals surface area contributed by atoms with Crippen LogP contribution >= 0.6 is 11.3 Å². The van der Waals surface area contributed by atoms with Gasteiger partial charge in [0.05, 0.1) is 5.51 Å². The number of aromatic nitrogens is 1. The Morgan fingerprint density at radius 2 is 2.27 bits per heavy atom. The zero-order valence-corrected chi connectivity index (χ0v) is 13.4. The molecule has 1 saturated carbocycles. The lowest BCUT2D eigenvalue weighted by atomic mass is 9.77. The number of nitrogens with zero attached hydrogens (tertiary/aromatic N) is 2. The summed E-state index contributed by atoms with van der Waals surface area (Å²) in [6, 6.07) is 0.182. The zero-order chi connectivity index (χ0) is 15.6. The molecule has 0 atom stereocenters. The van der Waals surface area contributed by atoms with Gasteiger partial charge in [-0.3, -0.25) is 9.59 Å². The summed E-state index contributed by atoms with van der Waals surface area (Å²) in [7, 11) is 0. The molecule has 2 fully saturated rings. The predicted molar refractivity (Wildman–Crippen MR) is 85.7 cm³/mol. The van der Waals surface area contributed by atoms with E-state index in [0.717, 1.165) is 32.1 Å². The molecule has 2 aliphatic rings. The second kappa shape index (κ2) is 6.20. The van der Waals surface area contributed by atoms with Crippen LogP contribution < -0.4 is 5.32 Å². The quantitative estimate of drug-likeness (QED) is 0.867. The average molecular weight is 319 g/mol. The molecule has 1 N–H and O–H groups in total. The van der Waals surface area contributed by atoms with Gasteiger partial charge >= 0.3 is 0 Å². The first-order chi connectivity index (χ1) is 10.6. The lowest BCUT2D eigenvalue weighted by Gasteiger charge is -2.43. The van der Waals surface area contributed by atoms with Gasteiger partial charge in [0.25, 0.3) is 5.91 Å². The van der Waals surface area contributed by atoms with E-state index in [1.165, 1.54) is 11.3 Å². The SMILES string of the molecule is C=CCN1C(=O)CCC12CCC(NC(=O)c1cscn1)CC2. The summed E-state index contributed by atoms with van der Waals surface area (Å²) in [6.45, 7) is 4.40. The van der Waals surface area contributed by atoms with Crippen molar-refractivity contribution in [3.63, 3.8) is 0 Å². The Hall–Kier alpha value is -1.69. The molecule has 2 heterocycles. The summed E-state index contributed by atoms with van der Waals surface area (Å²) in [4.78, 5) is 30.2.